The molecule has 3 aliphatic heterocycles. The third kappa shape index (κ3) is 7.29. The van der Waals surface area contributed by atoms with E-state index in [2.05, 4.69) is 62.9 Å². The first-order valence-electron chi connectivity index (χ1n) is 15.9. The standard InChI is InChI=1S/C35H45FN4O4/c1-37-31-21-38-22-34(43-24-25-7-12-33-32(19-25)39(16-18-42-33)14-4-17-41-2)35(31)26-8-10-29(11-9-26)44-30-13-15-40(23-30)28-6-3-5-27(36)20-28/h3,5-12,19-20,30-31,34-35,37-38H,4,13-18,21-24H2,1-2H3/t30-,31+,34-,35?/m0/s1. The number of halogens is 1. The van der Waals surface area contributed by atoms with Gasteiger partial charge in [-0.3, -0.25) is 0 Å². The Balaban J connectivity index is 1.09. The number of rotatable bonds is 12. The van der Waals surface area contributed by atoms with Crippen LogP contribution in [-0.2, 0) is 16.1 Å². The lowest BCUT2D eigenvalue weighted by molar-refractivity contribution is 0.00192. The number of ether oxygens (including phenoxy) is 4. The van der Waals surface area contributed by atoms with Crippen LogP contribution in [0.5, 0.6) is 11.5 Å². The second-order valence-electron chi connectivity index (χ2n) is 11.9. The van der Waals surface area contributed by atoms with Crippen molar-refractivity contribution in [3.05, 3.63) is 83.7 Å². The lowest BCUT2D eigenvalue weighted by Gasteiger charge is -2.39. The molecule has 4 atom stereocenters. The number of benzene rings is 3. The first-order valence-corrected chi connectivity index (χ1v) is 15.9. The normalized spacial score (nSPS) is 23.3. The molecule has 0 amide bonds. The van der Waals surface area contributed by atoms with Crippen LogP contribution in [0.2, 0.25) is 0 Å². The molecule has 0 spiro atoms. The van der Waals surface area contributed by atoms with E-state index in [-0.39, 0.29) is 30.0 Å². The van der Waals surface area contributed by atoms with Gasteiger partial charge in [0.25, 0.3) is 0 Å². The van der Waals surface area contributed by atoms with E-state index < -0.39 is 0 Å². The number of nitrogens with one attached hydrogen (secondary N) is 2. The van der Waals surface area contributed by atoms with Crippen molar-refractivity contribution in [2.24, 2.45) is 0 Å². The molecular formula is C35H45FN4O4. The third-order valence-corrected chi connectivity index (χ3v) is 9.02. The maximum atomic E-state index is 13.7. The van der Waals surface area contributed by atoms with Crippen molar-refractivity contribution in [2.45, 2.75) is 43.6 Å². The second-order valence-corrected chi connectivity index (χ2v) is 11.9. The molecule has 44 heavy (non-hydrogen) atoms. The summed E-state index contributed by atoms with van der Waals surface area (Å²) in [6.07, 6.45) is 1.97. The number of fused-ring (bicyclic) bond motifs is 1. The van der Waals surface area contributed by atoms with E-state index in [0.717, 1.165) is 87.2 Å². The second kappa shape index (κ2) is 14.6. The zero-order valence-electron chi connectivity index (χ0n) is 25.8. The number of likely N-dealkylation sites (N-methyl/N-ethyl adjacent to an activating group) is 1. The van der Waals surface area contributed by atoms with Crippen molar-refractivity contribution in [1.82, 2.24) is 10.6 Å². The summed E-state index contributed by atoms with van der Waals surface area (Å²) in [5.41, 5.74) is 4.42. The fraction of sp³-hybridized carbons (Fsp3) is 0.486. The van der Waals surface area contributed by atoms with Crippen molar-refractivity contribution >= 4 is 11.4 Å². The molecule has 0 aliphatic carbocycles. The van der Waals surface area contributed by atoms with Gasteiger partial charge in [-0.15, -0.1) is 0 Å². The van der Waals surface area contributed by atoms with Crippen LogP contribution in [0, 0.1) is 5.82 Å². The highest BCUT2D eigenvalue weighted by molar-refractivity contribution is 5.61. The minimum atomic E-state index is -0.208. The molecule has 3 aromatic rings. The Kier molecular flexibility index (Phi) is 10.2. The first-order chi connectivity index (χ1) is 21.6. The van der Waals surface area contributed by atoms with E-state index in [1.165, 1.54) is 11.6 Å². The fourth-order valence-corrected chi connectivity index (χ4v) is 6.72. The summed E-state index contributed by atoms with van der Waals surface area (Å²) in [7, 11) is 3.77. The molecule has 3 aliphatic rings. The van der Waals surface area contributed by atoms with Gasteiger partial charge in [-0.1, -0.05) is 24.3 Å². The molecule has 0 radical (unpaired) electrons. The SMILES string of the molecule is CN[C@@H]1CNC[C@H](OCc2ccc3c(c2)N(CCCOC)CCO3)C1c1ccc(O[C@H]2CCN(c3cccc(F)c3)C2)cc1. The predicted octanol–water partition coefficient (Wildman–Crippen LogP) is 4.58. The molecule has 2 saturated heterocycles. The first kappa shape index (κ1) is 30.6. The van der Waals surface area contributed by atoms with Gasteiger partial charge in [0, 0.05) is 64.0 Å². The van der Waals surface area contributed by atoms with E-state index in [9.17, 15) is 4.39 Å². The van der Waals surface area contributed by atoms with Crippen molar-refractivity contribution in [2.75, 3.05) is 76.4 Å². The monoisotopic (exact) mass is 604 g/mol. The van der Waals surface area contributed by atoms with Crippen LogP contribution in [0.15, 0.2) is 66.7 Å². The molecule has 236 valence electrons. The highest BCUT2D eigenvalue weighted by Crippen LogP contribution is 2.35. The summed E-state index contributed by atoms with van der Waals surface area (Å²) >= 11 is 0. The van der Waals surface area contributed by atoms with Gasteiger partial charge in [0.1, 0.15) is 30.0 Å². The number of hydrogen-bond acceptors (Lipinski definition) is 8. The number of methoxy groups -OCH3 is 1. The van der Waals surface area contributed by atoms with E-state index in [1.807, 2.05) is 13.1 Å². The van der Waals surface area contributed by atoms with Gasteiger partial charge in [-0.05, 0) is 67.1 Å². The lowest BCUT2D eigenvalue weighted by atomic mass is 9.83. The summed E-state index contributed by atoms with van der Waals surface area (Å²) < 4.78 is 37.9. The van der Waals surface area contributed by atoms with Crippen LogP contribution in [-0.4, -0.2) is 84.9 Å². The number of anilines is 2. The van der Waals surface area contributed by atoms with Crippen LogP contribution in [0.25, 0.3) is 0 Å². The summed E-state index contributed by atoms with van der Waals surface area (Å²) in [5, 5.41) is 7.07. The van der Waals surface area contributed by atoms with Gasteiger partial charge in [-0.25, -0.2) is 4.39 Å². The molecule has 2 N–H and O–H groups in total. The minimum Gasteiger partial charge on any atom is -0.490 e. The average molecular weight is 605 g/mol. The summed E-state index contributed by atoms with van der Waals surface area (Å²) in [6, 6.07) is 21.9. The number of hydrogen-bond donors (Lipinski definition) is 2. The van der Waals surface area contributed by atoms with Crippen molar-refractivity contribution in [1.29, 1.82) is 0 Å². The maximum absolute atomic E-state index is 13.7. The van der Waals surface area contributed by atoms with Crippen LogP contribution in [0.3, 0.4) is 0 Å². The zero-order chi connectivity index (χ0) is 30.3. The van der Waals surface area contributed by atoms with E-state index >= 15 is 0 Å². The minimum absolute atomic E-state index is 0.00714. The maximum Gasteiger partial charge on any atom is 0.142 e. The van der Waals surface area contributed by atoms with Crippen molar-refractivity contribution < 1.29 is 23.3 Å². The molecule has 9 heteroatoms. The molecule has 0 bridgehead atoms. The Morgan fingerprint density at radius 1 is 1.05 bits per heavy atom. The van der Waals surface area contributed by atoms with Gasteiger partial charge in [-0.2, -0.15) is 0 Å². The van der Waals surface area contributed by atoms with Crippen LogP contribution in [0.1, 0.15) is 29.9 Å². The highest BCUT2D eigenvalue weighted by Gasteiger charge is 2.35. The summed E-state index contributed by atoms with van der Waals surface area (Å²) in [4.78, 5) is 4.57. The third-order valence-electron chi connectivity index (χ3n) is 9.02. The highest BCUT2D eigenvalue weighted by atomic mass is 19.1. The summed E-state index contributed by atoms with van der Waals surface area (Å²) in [5.74, 6) is 1.78. The molecule has 8 nitrogen and oxygen atoms in total. The molecule has 0 aromatic heterocycles. The molecule has 3 aromatic carbocycles. The zero-order valence-corrected chi connectivity index (χ0v) is 25.8. The van der Waals surface area contributed by atoms with Gasteiger partial charge in [0.2, 0.25) is 0 Å². The van der Waals surface area contributed by atoms with E-state index in [1.54, 1.807) is 19.2 Å². The van der Waals surface area contributed by atoms with Crippen molar-refractivity contribution in [3.63, 3.8) is 0 Å². The predicted molar refractivity (Wildman–Crippen MR) is 172 cm³/mol. The fourth-order valence-electron chi connectivity index (χ4n) is 6.72. The smallest absolute Gasteiger partial charge is 0.142 e. The molecular weight excluding hydrogens is 559 g/mol. The van der Waals surface area contributed by atoms with E-state index in [4.69, 9.17) is 18.9 Å². The van der Waals surface area contributed by atoms with Crippen LogP contribution < -0.4 is 29.9 Å². The topological polar surface area (TPSA) is 67.5 Å². The molecule has 0 saturated carbocycles. The van der Waals surface area contributed by atoms with Gasteiger partial charge in [0.15, 0.2) is 0 Å². The number of piperidine rings is 1. The Hall–Kier alpha value is -3.37. The van der Waals surface area contributed by atoms with Gasteiger partial charge >= 0.3 is 0 Å². The van der Waals surface area contributed by atoms with E-state index in [0.29, 0.717) is 13.2 Å². The Morgan fingerprint density at radius 2 is 1.93 bits per heavy atom. The molecule has 3 heterocycles. The number of nitrogens with zero attached hydrogens (tertiary/aromatic N) is 2. The lowest BCUT2D eigenvalue weighted by Crippen LogP contribution is -2.54. The van der Waals surface area contributed by atoms with Gasteiger partial charge in [0.05, 0.1) is 31.5 Å². The summed E-state index contributed by atoms with van der Waals surface area (Å²) in [6.45, 7) is 7.08. The van der Waals surface area contributed by atoms with Gasteiger partial charge < -0.3 is 39.4 Å². The molecule has 2 fully saturated rings. The quantitative estimate of drug-likeness (QED) is 0.292. The molecule has 1 unspecified atom stereocenters. The van der Waals surface area contributed by atoms with Crippen LogP contribution in [0.4, 0.5) is 15.8 Å². The Labute approximate surface area is 260 Å². The average Bonchev–Trinajstić information content (AvgIpc) is 3.53. The molecule has 6 rings (SSSR count). The Bertz CT molecular complexity index is 1360. The van der Waals surface area contributed by atoms with Crippen molar-refractivity contribution in [3.8, 4) is 11.5 Å². The largest absolute Gasteiger partial charge is 0.490 e. The van der Waals surface area contributed by atoms with Crippen LogP contribution >= 0.6 is 0 Å². The Morgan fingerprint density at radius 3 is 2.75 bits per heavy atom.